The van der Waals surface area contributed by atoms with Crippen molar-refractivity contribution in [2.45, 2.75) is 13.8 Å². The topological polar surface area (TPSA) is 78.6 Å². The summed E-state index contributed by atoms with van der Waals surface area (Å²) in [6.45, 7) is 3.66. The maximum Gasteiger partial charge on any atom is 0.349 e. The lowest BCUT2D eigenvalue weighted by Crippen LogP contribution is -2.18. The quantitative estimate of drug-likeness (QED) is 0.679. The van der Waals surface area contributed by atoms with Crippen molar-refractivity contribution in [2.24, 2.45) is 5.73 Å². The summed E-state index contributed by atoms with van der Waals surface area (Å²) in [5.74, 6) is -0.0653. The predicted molar refractivity (Wildman–Crippen MR) is 82.0 cm³/mol. The molecule has 0 bridgehead atoms. The Balaban J connectivity index is 1.92. The lowest BCUT2D eigenvalue weighted by atomic mass is 10.1. The van der Waals surface area contributed by atoms with Crippen LogP contribution in [0.1, 0.15) is 21.5 Å². The first kappa shape index (κ1) is 15.6. The van der Waals surface area contributed by atoms with Gasteiger partial charge in [0, 0.05) is 5.56 Å². The first-order valence-electron chi connectivity index (χ1n) is 6.76. The summed E-state index contributed by atoms with van der Waals surface area (Å²) in [5.41, 5.74) is 7.49. The van der Waals surface area contributed by atoms with Gasteiger partial charge >= 0.3 is 5.97 Å². The highest BCUT2D eigenvalue weighted by Gasteiger charge is 2.08. The van der Waals surface area contributed by atoms with E-state index in [1.807, 2.05) is 32.0 Å². The molecule has 5 heteroatoms. The van der Waals surface area contributed by atoms with Gasteiger partial charge in [0.1, 0.15) is 11.5 Å². The van der Waals surface area contributed by atoms with Crippen LogP contribution in [0.25, 0.3) is 0 Å². The molecule has 0 unspecified atom stereocenters. The number of rotatable bonds is 5. The van der Waals surface area contributed by atoms with Crippen molar-refractivity contribution in [3.63, 3.8) is 0 Å². The van der Waals surface area contributed by atoms with Gasteiger partial charge in [-0.15, -0.1) is 0 Å². The maximum absolute atomic E-state index is 11.8. The molecule has 0 aromatic heterocycles. The van der Waals surface area contributed by atoms with Crippen LogP contribution in [-0.2, 0) is 4.79 Å². The Morgan fingerprint density at radius 2 is 1.73 bits per heavy atom. The van der Waals surface area contributed by atoms with Crippen LogP contribution in [-0.4, -0.2) is 18.5 Å². The molecule has 0 spiro atoms. The van der Waals surface area contributed by atoms with Crippen LogP contribution in [0.5, 0.6) is 11.5 Å². The number of nitrogens with two attached hydrogens (primary N) is 1. The zero-order valence-corrected chi connectivity index (χ0v) is 12.5. The lowest BCUT2D eigenvalue weighted by molar-refractivity contribution is -0.136. The third-order valence-electron chi connectivity index (χ3n) is 3.06. The normalized spacial score (nSPS) is 10.1. The van der Waals surface area contributed by atoms with Crippen molar-refractivity contribution in [2.75, 3.05) is 6.61 Å². The average Bonchev–Trinajstić information content (AvgIpc) is 2.49. The van der Waals surface area contributed by atoms with Gasteiger partial charge in [0.15, 0.2) is 6.61 Å². The molecule has 2 aromatic carbocycles. The molecular weight excluding hydrogens is 282 g/mol. The van der Waals surface area contributed by atoms with E-state index in [1.165, 1.54) is 24.3 Å². The van der Waals surface area contributed by atoms with Gasteiger partial charge in [-0.2, -0.15) is 0 Å². The van der Waals surface area contributed by atoms with Crippen molar-refractivity contribution >= 4 is 11.9 Å². The number of esters is 1. The van der Waals surface area contributed by atoms with Crippen LogP contribution in [0.2, 0.25) is 0 Å². The van der Waals surface area contributed by atoms with Gasteiger partial charge in [-0.05, 0) is 55.3 Å². The number of amides is 1. The summed E-state index contributed by atoms with van der Waals surface area (Å²) in [5, 5.41) is 0. The minimum atomic E-state index is -0.531. The molecule has 0 heterocycles. The molecule has 0 aliphatic rings. The molecule has 0 saturated carbocycles. The number of carbonyl (C=O) groups is 2. The maximum atomic E-state index is 11.8. The smallest absolute Gasteiger partial charge is 0.349 e. The number of hydrogen-bond acceptors (Lipinski definition) is 4. The van der Waals surface area contributed by atoms with Crippen LogP contribution in [0, 0.1) is 13.8 Å². The number of hydrogen-bond donors (Lipinski definition) is 1. The van der Waals surface area contributed by atoms with E-state index in [0.717, 1.165) is 11.1 Å². The Morgan fingerprint density at radius 3 is 2.36 bits per heavy atom. The second kappa shape index (κ2) is 6.76. The zero-order chi connectivity index (χ0) is 16.1. The summed E-state index contributed by atoms with van der Waals surface area (Å²) in [6.07, 6.45) is 0. The monoisotopic (exact) mass is 299 g/mol. The molecule has 22 heavy (non-hydrogen) atoms. The average molecular weight is 299 g/mol. The molecule has 0 aliphatic heterocycles. The van der Waals surface area contributed by atoms with Crippen LogP contribution < -0.4 is 15.2 Å². The standard InChI is InChI=1S/C17H17NO4/c1-11-3-4-12(2)15(9-11)21-10-16(19)22-14-7-5-13(6-8-14)17(18)20/h3-9H,10H2,1-2H3,(H2,18,20). The highest BCUT2D eigenvalue weighted by Crippen LogP contribution is 2.19. The fraction of sp³-hybridized carbons (Fsp3) is 0.176. The van der Waals surface area contributed by atoms with E-state index in [-0.39, 0.29) is 6.61 Å². The SMILES string of the molecule is Cc1ccc(C)c(OCC(=O)Oc2ccc(C(N)=O)cc2)c1. The highest BCUT2D eigenvalue weighted by atomic mass is 16.6. The first-order valence-corrected chi connectivity index (χ1v) is 6.76. The van der Waals surface area contributed by atoms with Gasteiger partial charge in [0.2, 0.25) is 5.91 Å². The Labute approximate surface area is 128 Å². The Kier molecular flexibility index (Phi) is 4.78. The summed E-state index contributed by atoms with van der Waals surface area (Å²) in [7, 11) is 0. The summed E-state index contributed by atoms with van der Waals surface area (Å²) in [4.78, 5) is 22.7. The van der Waals surface area contributed by atoms with Gasteiger partial charge in [-0.25, -0.2) is 4.79 Å². The van der Waals surface area contributed by atoms with Crippen molar-refractivity contribution < 1.29 is 19.1 Å². The van der Waals surface area contributed by atoms with Gasteiger partial charge in [0.25, 0.3) is 0 Å². The number of carbonyl (C=O) groups excluding carboxylic acids is 2. The summed E-state index contributed by atoms with van der Waals surface area (Å²) in [6, 6.07) is 11.8. The molecule has 0 saturated heterocycles. The Bertz CT molecular complexity index is 692. The molecule has 0 fully saturated rings. The minimum Gasteiger partial charge on any atom is -0.482 e. The molecule has 0 aliphatic carbocycles. The molecule has 2 aromatic rings. The van der Waals surface area contributed by atoms with Gasteiger partial charge in [-0.1, -0.05) is 12.1 Å². The van der Waals surface area contributed by atoms with Crippen molar-refractivity contribution in [1.29, 1.82) is 0 Å². The van der Waals surface area contributed by atoms with Crippen LogP contribution in [0.4, 0.5) is 0 Å². The van der Waals surface area contributed by atoms with E-state index < -0.39 is 11.9 Å². The second-order valence-electron chi connectivity index (χ2n) is 4.92. The third-order valence-corrected chi connectivity index (χ3v) is 3.06. The fourth-order valence-electron chi connectivity index (χ4n) is 1.85. The van der Waals surface area contributed by atoms with E-state index in [4.69, 9.17) is 15.2 Å². The number of benzene rings is 2. The van der Waals surface area contributed by atoms with E-state index >= 15 is 0 Å². The van der Waals surface area contributed by atoms with E-state index in [2.05, 4.69) is 0 Å². The number of ether oxygens (including phenoxy) is 2. The second-order valence-corrected chi connectivity index (χ2v) is 4.92. The first-order chi connectivity index (χ1) is 10.5. The van der Waals surface area contributed by atoms with Crippen molar-refractivity contribution in [3.05, 3.63) is 59.2 Å². The molecule has 2 rings (SSSR count). The molecule has 2 N–H and O–H groups in total. The van der Waals surface area contributed by atoms with Crippen molar-refractivity contribution in [1.82, 2.24) is 0 Å². The Hall–Kier alpha value is -2.82. The largest absolute Gasteiger partial charge is 0.482 e. The van der Waals surface area contributed by atoms with E-state index in [9.17, 15) is 9.59 Å². The molecule has 0 radical (unpaired) electrons. The van der Waals surface area contributed by atoms with Gasteiger partial charge in [0.05, 0.1) is 0 Å². The minimum absolute atomic E-state index is 0.193. The predicted octanol–water partition coefficient (Wildman–Crippen LogP) is 2.39. The number of primary amides is 1. The molecule has 1 amide bonds. The molecule has 5 nitrogen and oxygen atoms in total. The van der Waals surface area contributed by atoms with Crippen LogP contribution >= 0.6 is 0 Å². The van der Waals surface area contributed by atoms with Gasteiger partial charge < -0.3 is 15.2 Å². The summed E-state index contributed by atoms with van der Waals surface area (Å²) < 4.78 is 10.6. The molecule has 0 atom stereocenters. The van der Waals surface area contributed by atoms with Crippen LogP contribution in [0.3, 0.4) is 0 Å². The van der Waals surface area contributed by atoms with Crippen molar-refractivity contribution in [3.8, 4) is 11.5 Å². The third kappa shape index (κ3) is 4.09. The van der Waals surface area contributed by atoms with E-state index in [1.54, 1.807) is 0 Å². The fourth-order valence-corrected chi connectivity index (χ4v) is 1.85. The molecular formula is C17H17NO4. The zero-order valence-electron chi connectivity index (χ0n) is 12.5. The van der Waals surface area contributed by atoms with E-state index in [0.29, 0.717) is 17.1 Å². The van der Waals surface area contributed by atoms with Crippen LogP contribution in [0.15, 0.2) is 42.5 Å². The Morgan fingerprint density at radius 1 is 1.05 bits per heavy atom. The lowest BCUT2D eigenvalue weighted by Gasteiger charge is -2.10. The van der Waals surface area contributed by atoms with Gasteiger partial charge in [-0.3, -0.25) is 4.79 Å². The number of aryl methyl sites for hydroxylation is 2. The highest BCUT2D eigenvalue weighted by molar-refractivity contribution is 5.92. The summed E-state index contributed by atoms with van der Waals surface area (Å²) >= 11 is 0. The molecule has 114 valence electrons.